The van der Waals surface area contributed by atoms with Crippen LogP contribution in [0.5, 0.6) is 0 Å². The summed E-state index contributed by atoms with van der Waals surface area (Å²) in [4.78, 5) is 10.1. The van der Waals surface area contributed by atoms with Gasteiger partial charge in [-0.25, -0.2) is 0 Å². The van der Waals surface area contributed by atoms with Gasteiger partial charge in [-0.2, -0.15) is 0 Å². The van der Waals surface area contributed by atoms with Gasteiger partial charge < -0.3 is 0 Å². The summed E-state index contributed by atoms with van der Waals surface area (Å²) in [6.45, 7) is 4.03. The molecular weight excluding hydrogens is 169 g/mol. The lowest BCUT2D eigenvalue weighted by Crippen LogP contribution is -2.29. The number of nitrogens with two attached hydrogens (primary N) is 2. The van der Waals surface area contributed by atoms with E-state index in [0.29, 0.717) is 18.2 Å². The first-order valence-electron chi connectivity index (χ1n) is 3.26. The molecule has 68 valence electrons. The zero-order valence-corrected chi connectivity index (χ0v) is 7.58. The minimum Gasteiger partial charge on any atom is -0.267 e. The van der Waals surface area contributed by atoms with Crippen LogP contribution in [0.3, 0.4) is 0 Å². The first kappa shape index (κ1) is 11.0. The smallest absolute Gasteiger partial charge is 0.267 e. The highest BCUT2D eigenvalue weighted by Crippen LogP contribution is 2.31. The second-order valence-electron chi connectivity index (χ2n) is 1.75. The molecule has 0 radical (unpaired) electrons. The van der Waals surface area contributed by atoms with Crippen LogP contribution >= 0.6 is 7.59 Å². The number of hydrogen-bond acceptors (Lipinski definition) is 3. The quantitative estimate of drug-likeness (QED) is 0.468. The van der Waals surface area contributed by atoms with E-state index in [0.717, 1.165) is 0 Å². The highest BCUT2D eigenvalue weighted by molar-refractivity contribution is 7.56. The molecule has 0 aromatic carbocycles. The molecule has 0 aliphatic heterocycles. The first-order valence-corrected chi connectivity index (χ1v) is 5.05. The normalized spacial score (nSPS) is 12.5. The summed E-state index contributed by atoms with van der Waals surface area (Å²) >= 11 is 0. The molecule has 0 aliphatic rings. The standard InChI is InChI=1S/C4H14N3O3P/c1-3-9-7(10-4-2)11(5,6)8/h3-4H2,1-2H3,(H4,5,6,8). The topological polar surface area (TPSA) is 90.8 Å². The van der Waals surface area contributed by atoms with E-state index in [2.05, 4.69) is 0 Å². The van der Waals surface area contributed by atoms with Crippen molar-refractivity contribution in [1.82, 2.24) is 5.00 Å². The molecule has 7 heteroatoms. The molecule has 0 bridgehead atoms. The largest absolute Gasteiger partial charge is 0.323 e. The minimum absolute atomic E-state index is 0.304. The summed E-state index contributed by atoms with van der Waals surface area (Å²) < 4.78 is 10.9. The van der Waals surface area contributed by atoms with E-state index in [9.17, 15) is 4.57 Å². The molecule has 0 aromatic rings. The molecule has 0 aromatic heterocycles. The van der Waals surface area contributed by atoms with Crippen molar-refractivity contribution in [2.75, 3.05) is 13.2 Å². The van der Waals surface area contributed by atoms with E-state index in [1.165, 1.54) is 0 Å². The second-order valence-corrected chi connectivity index (χ2v) is 3.42. The molecule has 4 N–H and O–H groups in total. The molecular formula is C4H14N3O3P. The van der Waals surface area contributed by atoms with E-state index < -0.39 is 7.59 Å². The predicted octanol–water partition coefficient (Wildman–Crippen LogP) is 0.217. The molecule has 0 rings (SSSR count). The van der Waals surface area contributed by atoms with E-state index >= 15 is 0 Å². The zero-order chi connectivity index (χ0) is 8.91. The van der Waals surface area contributed by atoms with Crippen molar-refractivity contribution in [2.24, 2.45) is 11.0 Å². The molecule has 0 unspecified atom stereocenters. The van der Waals surface area contributed by atoms with Crippen molar-refractivity contribution < 1.29 is 14.2 Å². The Morgan fingerprint density at radius 3 is 1.82 bits per heavy atom. The van der Waals surface area contributed by atoms with Crippen LogP contribution in [-0.4, -0.2) is 18.2 Å². The van der Waals surface area contributed by atoms with Gasteiger partial charge in [0.15, 0.2) is 0 Å². The van der Waals surface area contributed by atoms with Crippen LogP contribution in [-0.2, 0) is 14.2 Å². The molecule has 0 amide bonds. The summed E-state index contributed by atoms with van der Waals surface area (Å²) in [5, 5.41) is 0. The van der Waals surface area contributed by atoms with Crippen LogP contribution in [0.15, 0.2) is 0 Å². The Morgan fingerprint density at radius 1 is 1.27 bits per heavy atom. The number of rotatable bonds is 5. The fourth-order valence-electron chi connectivity index (χ4n) is 0.439. The lowest BCUT2D eigenvalue weighted by molar-refractivity contribution is -0.300. The maximum Gasteiger partial charge on any atom is 0.323 e. The number of hydrogen-bond donors (Lipinski definition) is 2. The molecule has 0 atom stereocenters. The van der Waals surface area contributed by atoms with Gasteiger partial charge in [-0.15, -0.1) is 0 Å². The fourth-order valence-corrected chi connectivity index (χ4v) is 1.03. The Labute approximate surface area is 65.9 Å². The Bertz CT molecular complexity index is 142. The summed E-state index contributed by atoms with van der Waals surface area (Å²) in [6.07, 6.45) is 0. The maximum atomic E-state index is 10.9. The minimum atomic E-state index is -3.42. The molecule has 0 aliphatic carbocycles. The summed E-state index contributed by atoms with van der Waals surface area (Å²) in [5.74, 6) is 0. The molecule has 0 heterocycles. The van der Waals surface area contributed by atoms with Crippen LogP contribution < -0.4 is 11.0 Å². The van der Waals surface area contributed by atoms with Gasteiger partial charge in [-0.3, -0.25) is 25.2 Å². The molecule has 6 nitrogen and oxygen atoms in total. The highest BCUT2D eigenvalue weighted by Gasteiger charge is 2.22. The van der Waals surface area contributed by atoms with E-state index in [4.69, 9.17) is 20.7 Å². The highest BCUT2D eigenvalue weighted by atomic mass is 31.2. The lowest BCUT2D eigenvalue weighted by atomic mass is 10.9. The average molecular weight is 183 g/mol. The van der Waals surface area contributed by atoms with Crippen molar-refractivity contribution in [3.63, 3.8) is 0 Å². The monoisotopic (exact) mass is 183 g/mol. The Hall–Kier alpha value is 0.0300. The van der Waals surface area contributed by atoms with Crippen molar-refractivity contribution in [1.29, 1.82) is 0 Å². The SMILES string of the molecule is CCON(OCC)P(N)(N)=O. The predicted molar refractivity (Wildman–Crippen MR) is 41.1 cm³/mol. The van der Waals surface area contributed by atoms with Gasteiger partial charge in [-0.05, 0) is 13.8 Å². The second kappa shape index (κ2) is 4.82. The van der Waals surface area contributed by atoms with Gasteiger partial charge in [0.2, 0.25) is 0 Å². The first-order chi connectivity index (χ1) is 5.02. The zero-order valence-electron chi connectivity index (χ0n) is 6.69. The van der Waals surface area contributed by atoms with Gasteiger partial charge in [-0.1, -0.05) is 0 Å². The van der Waals surface area contributed by atoms with E-state index in [-0.39, 0.29) is 0 Å². The van der Waals surface area contributed by atoms with Crippen molar-refractivity contribution in [3.05, 3.63) is 0 Å². The summed E-state index contributed by atoms with van der Waals surface area (Å²) in [5.41, 5.74) is 10.1. The average Bonchev–Trinajstić information content (AvgIpc) is 1.85. The van der Waals surface area contributed by atoms with Gasteiger partial charge in [0, 0.05) is 5.00 Å². The van der Waals surface area contributed by atoms with Gasteiger partial charge >= 0.3 is 7.59 Å². The Kier molecular flexibility index (Phi) is 4.83. The third-order valence-corrected chi connectivity index (χ3v) is 1.48. The van der Waals surface area contributed by atoms with Gasteiger partial charge in [0.1, 0.15) is 0 Å². The molecule has 11 heavy (non-hydrogen) atoms. The maximum absolute atomic E-state index is 10.9. The van der Waals surface area contributed by atoms with Crippen molar-refractivity contribution in [3.8, 4) is 0 Å². The molecule has 0 fully saturated rings. The van der Waals surface area contributed by atoms with Gasteiger partial charge in [0.25, 0.3) is 0 Å². The van der Waals surface area contributed by atoms with Crippen LogP contribution in [0.25, 0.3) is 0 Å². The summed E-state index contributed by atoms with van der Waals surface area (Å²) in [6, 6.07) is 0. The van der Waals surface area contributed by atoms with Gasteiger partial charge in [0.05, 0.1) is 13.2 Å². The summed E-state index contributed by atoms with van der Waals surface area (Å²) in [7, 11) is -3.42. The van der Waals surface area contributed by atoms with Crippen LogP contribution in [0.2, 0.25) is 0 Å². The molecule has 0 saturated carbocycles. The lowest BCUT2D eigenvalue weighted by Gasteiger charge is -2.21. The van der Waals surface area contributed by atoms with Crippen molar-refractivity contribution in [2.45, 2.75) is 13.8 Å². The Morgan fingerprint density at radius 2 is 1.64 bits per heavy atom. The molecule has 0 saturated heterocycles. The van der Waals surface area contributed by atoms with Crippen molar-refractivity contribution >= 4 is 7.59 Å². The Balaban J connectivity index is 3.99. The third kappa shape index (κ3) is 4.47. The number of nitrogens with zero attached hydrogens (tertiary/aromatic N) is 1. The fraction of sp³-hybridized carbons (Fsp3) is 1.00. The van der Waals surface area contributed by atoms with E-state index in [1.807, 2.05) is 0 Å². The third-order valence-electron chi connectivity index (χ3n) is 0.734. The van der Waals surface area contributed by atoms with Crippen LogP contribution in [0, 0.1) is 0 Å². The van der Waals surface area contributed by atoms with Crippen LogP contribution in [0.4, 0.5) is 0 Å². The van der Waals surface area contributed by atoms with E-state index in [1.54, 1.807) is 13.8 Å². The van der Waals surface area contributed by atoms with Crippen LogP contribution in [0.1, 0.15) is 13.8 Å². The molecule has 0 spiro atoms.